The zero-order chi connectivity index (χ0) is 27.3. The number of oxime groups is 1. The molecule has 0 amide bonds. The summed E-state index contributed by atoms with van der Waals surface area (Å²) in [6.45, 7) is 9.43. The molecule has 0 bridgehead atoms. The molecule has 1 saturated carbocycles. The van der Waals surface area contributed by atoms with Gasteiger partial charge in [-0.25, -0.2) is 9.67 Å². The number of pyridine rings is 1. The van der Waals surface area contributed by atoms with Crippen molar-refractivity contribution in [3.05, 3.63) is 50.9 Å². The molecule has 8 nitrogen and oxygen atoms in total. The molecule has 0 aromatic carbocycles. The van der Waals surface area contributed by atoms with Crippen LogP contribution in [0, 0.1) is 12.9 Å². The largest absolute Gasteiger partial charge is 0.390 e. The lowest BCUT2D eigenvalue weighted by atomic mass is 9.96. The predicted octanol–water partition coefficient (Wildman–Crippen LogP) is 6.31. The molecule has 1 saturated heterocycles. The van der Waals surface area contributed by atoms with E-state index in [0.717, 1.165) is 31.6 Å². The minimum absolute atomic E-state index is 0.180. The van der Waals surface area contributed by atoms with Gasteiger partial charge in [0.2, 0.25) is 5.95 Å². The Morgan fingerprint density at radius 2 is 1.81 bits per heavy atom. The number of nitrogens with zero attached hydrogens (tertiary/aromatic N) is 4. The maximum absolute atomic E-state index is 12.7. The Hall–Kier alpha value is -2.52. The number of nitrogens with one attached hydrogen (secondary N) is 1. The lowest BCUT2D eigenvalue weighted by molar-refractivity contribution is 0.00198. The lowest BCUT2D eigenvalue weighted by Crippen LogP contribution is -2.29. The SMILES string of the molecule is C1CCOCC1.CNc1cnn(C2CCCCC2)c(=O)c1Cl.Cc1nc(F)ccc1/C=N\OC(C)(C)C. The molecule has 0 unspecified atom stereocenters. The maximum atomic E-state index is 12.7. The van der Waals surface area contributed by atoms with Crippen LogP contribution in [0.5, 0.6) is 0 Å². The molecule has 4 rings (SSSR count). The van der Waals surface area contributed by atoms with E-state index in [1.165, 1.54) is 50.8 Å². The molecule has 0 radical (unpaired) electrons. The third-order valence-electron chi connectivity index (χ3n) is 5.82. The van der Waals surface area contributed by atoms with Crippen LogP contribution in [0.4, 0.5) is 10.1 Å². The average molecular weight is 538 g/mol. The summed E-state index contributed by atoms with van der Waals surface area (Å²) in [7, 11) is 1.73. The number of ether oxygens (including phenoxy) is 1. The van der Waals surface area contributed by atoms with Crippen LogP contribution < -0.4 is 10.9 Å². The Morgan fingerprint density at radius 3 is 2.32 bits per heavy atom. The van der Waals surface area contributed by atoms with Crippen molar-refractivity contribution < 1.29 is 14.0 Å². The summed E-state index contributed by atoms with van der Waals surface area (Å²) in [5, 5.41) is 11.1. The second kappa shape index (κ2) is 15.7. The molecule has 206 valence electrons. The van der Waals surface area contributed by atoms with E-state index >= 15 is 0 Å². The molecule has 2 aliphatic rings. The summed E-state index contributed by atoms with van der Waals surface area (Å²) < 4.78 is 19.3. The molecule has 2 aromatic rings. The molecule has 0 spiro atoms. The van der Waals surface area contributed by atoms with Gasteiger partial charge in [-0.2, -0.15) is 9.49 Å². The molecule has 2 fully saturated rings. The first-order chi connectivity index (χ1) is 17.6. The van der Waals surface area contributed by atoms with Crippen molar-refractivity contribution in [3.8, 4) is 0 Å². The summed E-state index contributed by atoms with van der Waals surface area (Å²) in [6.07, 6.45) is 12.7. The fourth-order valence-electron chi connectivity index (χ4n) is 3.81. The first-order valence-corrected chi connectivity index (χ1v) is 13.4. The van der Waals surface area contributed by atoms with Crippen LogP contribution in [0.25, 0.3) is 0 Å². The van der Waals surface area contributed by atoms with Crippen LogP contribution in [0.3, 0.4) is 0 Å². The van der Waals surface area contributed by atoms with Gasteiger partial charge in [0.05, 0.1) is 24.1 Å². The zero-order valence-electron chi connectivity index (χ0n) is 22.7. The van der Waals surface area contributed by atoms with E-state index in [1.807, 2.05) is 20.8 Å². The van der Waals surface area contributed by atoms with Crippen molar-refractivity contribution in [1.29, 1.82) is 0 Å². The Kier molecular flexibility index (Phi) is 13.0. The summed E-state index contributed by atoms with van der Waals surface area (Å²) >= 11 is 5.98. The summed E-state index contributed by atoms with van der Waals surface area (Å²) in [6, 6.07) is 3.14. The van der Waals surface area contributed by atoms with Crippen molar-refractivity contribution in [3.63, 3.8) is 0 Å². The minimum atomic E-state index is -0.485. The van der Waals surface area contributed by atoms with E-state index in [-0.39, 0.29) is 22.2 Å². The summed E-state index contributed by atoms with van der Waals surface area (Å²) in [5.74, 6) is -0.485. The first kappa shape index (κ1) is 30.7. The van der Waals surface area contributed by atoms with Crippen LogP contribution in [-0.4, -0.2) is 46.8 Å². The van der Waals surface area contributed by atoms with E-state index in [0.29, 0.717) is 11.4 Å². The second-order valence-electron chi connectivity index (χ2n) is 10.1. The zero-order valence-corrected chi connectivity index (χ0v) is 23.5. The number of anilines is 1. The highest BCUT2D eigenvalue weighted by Gasteiger charge is 2.19. The average Bonchev–Trinajstić information content (AvgIpc) is 2.89. The van der Waals surface area contributed by atoms with Crippen LogP contribution in [0.2, 0.25) is 5.02 Å². The van der Waals surface area contributed by atoms with E-state index < -0.39 is 5.95 Å². The maximum Gasteiger partial charge on any atom is 0.287 e. The quantitative estimate of drug-likeness (QED) is 0.279. The van der Waals surface area contributed by atoms with Gasteiger partial charge in [0.15, 0.2) is 0 Å². The Balaban J connectivity index is 0.000000213. The van der Waals surface area contributed by atoms with E-state index in [1.54, 1.807) is 30.9 Å². The normalized spacial score (nSPS) is 16.3. The highest BCUT2D eigenvalue weighted by atomic mass is 35.5. The molecular formula is C27H41ClFN5O3. The molecule has 2 aromatic heterocycles. The smallest absolute Gasteiger partial charge is 0.287 e. The van der Waals surface area contributed by atoms with Crippen LogP contribution in [0.15, 0.2) is 28.3 Å². The van der Waals surface area contributed by atoms with Crippen molar-refractivity contribution in [2.24, 2.45) is 5.16 Å². The fourth-order valence-corrected chi connectivity index (χ4v) is 4.04. The van der Waals surface area contributed by atoms with Gasteiger partial charge in [0.1, 0.15) is 10.6 Å². The van der Waals surface area contributed by atoms with Gasteiger partial charge in [0, 0.05) is 31.5 Å². The van der Waals surface area contributed by atoms with Gasteiger partial charge in [-0.15, -0.1) is 0 Å². The Labute approximate surface area is 224 Å². The highest BCUT2D eigenvalue weighted by molar-refractivity contribution is 6.32. The van der Waals surface area contributed by atoms with Gasteiger partial charge in [-0.05, 0) is 71.9 Å². The predicted molar refractivity (Wildman–Crippen MR) is 147 cm³/mol. The van der Waals surface area contributed by atoms with Crippen LogP contribution >= 0.6 is 11.6 Å². The Morgan fingerprint density at radius 1 is 1.16 bits per heavy atom. The Bertz CT molecular complexity index is 1030. The molecule has 10 heteroatoms. The molecular weight excluding hydrogens is 497 g/mol. The minimum Gasteiger partial charge on any atom is -0.390 e. The molecule has 0 atom stereocenters. The first-order valence-electron chi connectivity index (χ1n) is 13.0. The van der Waals surface area contributed by atoms with Gasteiger partial charge >= 0.3 is 0 Å². The van der Waals surface area contributed by atoms with E-state index in [4.69, 9.17) is 21.2 Å². The third-order valence-corrected chi connectivity index (χ3v) is 6.19. The molecule has 1 aliphatic heterocycles. The van der Waals surface area contributed by atoms with Crippen molar-refractivity contribution in [1.82, 2.24) is 14.8 Å². The summed E-state index contributed by atoms with van der Waals surface area (Å²) in [4.78, 5) is 20.8. The second-order valence-corrected chi connectivity index (χ2v) is 10.5. The molecule has 1 aliphatic carbocycles. The van der Waals surface area contributed by atoms with Crippen molar-refractivity contribution in [2.75, 3.05) is 25.6 Å². The fraction of sp³-hybridized carbons (Fsp3) is 0.630. The number of hydrogen-bond acceptors (Lipinski definition) is 7. The monoisotopic (exact) mass is 537 g/mol. The number of halogens is 2. The van der Waals surface area contributed by atoms with Gasteiger partial charge < -0.3 is 14.9 Å². The van der Waals surface area contributed by atoms with Crippen LogP contribution in [-0.2, 0) is 9.57 Å². The van der Waals surface area contributed by atoms with Crippen molar-refractivity contribution >= 4 is 23.5 Å². The molecule has 1 N–H and O–H groups in total. The highest BCUT2D eigenvalue weighted by Crippen LogP contribution is 2.27. The third kappa shape index (κ3) is 11.2. The topological polar surface area (TPSA) is 90.6 Å². The van der Waals surface area contributed by atoms with Gasteiger partial charge in [0.25, 0.3) is 5.56 Å². The number of hydrogen-bond donors (Lipinski definition) is 1. The van der Waals surface area contributed by atoms with Crippen molar-refractivity contribution in [2.45, 2.75) is 90.7 Å². The number of rotatable bonds is 4. The number of aryl methyl sites for hydroxylation is 1. The van der Waals surface area contributed by atoms with Gasteiger partial charge in [-0.3, -0.25) is 4.79 Å². The van der Waals surface area contributed by atoms with Gasteiger partial charge in [-0.1, -0.05) is 36.0 Å². The molecule has 3 heterocycles. The standard InChI is InChI=1S/C11H16ClN3O.C11H15FN2O.C5H10O/c1-13-9-7-14-15(11(16)10(9)12)8-5-3-2-4-6-8;1-8-9(5-6-10(12)14-8)7-13-15-11(2,3)4;1-2-4-6-5-3-1/h7-8,13H,2-6H2,1H3;5-7H,1-4H3;1-5H2/b;13-7-;. The number of aromatic nitrogens is 3. The summed E-state index contributed by atoms with van der Waals surface area (Å²) in [5.41, 5.74) is 1.44. The van der Waals surface area contributed by atoms with E-state index in [2.05, 4.69) is 20.6 Å². The van der Waals surface area contributed by atoms with E-state index in [9.17, 15) is 9.18 Å². The molecule has 37 heavy (non-hydrogen) atoms. The van der Waals surface area contributed by atoms with Crippen LogP contribution in [0.1, 0.15) is 89.4 Å². The lowest BCUT2D eigenvalue weighted by Gasteiger charge is -2.22.